The van der Waals surface area contributed by atoms with E-state index in [1.54, 1.807) is 7.11 Å². The molecule has 0 atom stereocenters. The molecule has 1 aliphatic heterocycles. The fraction of sp³-hybridized carbons (Fsp3) is 0.562. The molecule has 20 heavy (non-hydrogen) atoms. The number of nitrogens with one attached hydrogen (secondary N) is 1. The lowest BCUT2D eigenvalue weighted by Gasteiger charge is -2.31. The van der Waals surface area contributed by atoms with E-state index in [-0.39, 0.29) is 5.91 Å². The average molecular weight is 274 g/mol. The highest BCUT2D eigenvalue weighted by atomic mass is 16.5. The van der Waals surface area contributed by atoms with Gasteiger partial charge >= 0.3 is 0 Å². The van der Waals surface area contributed by atoms with E-state index in [0.29, 0.717) is 6.54 Å². The number of methoxy groups -OCH3 is 1. The van der Waals surface area contributed by atoms with Gasteiger partial charge < -0.3 is 15.0 Å². The zero-order valence-electron chi connectivity index (χ0n) is 12.0. The molecule has 0 unspecified atom stereocenters. The smallest absolute Gasteiger partial charge is 0.241 e. The van der Waals surface area contributed by atoms with Gasteiger partial charge in [0.05, 0.1) is 19.3 Å². The van der Waals surface area contributed by atoms with Crippen LogP contribution in [0.25, 0.3) is 0 Å². The number of hydrogen-bond donors (Lipinski definition) is 1. The van der Waals surface area contributed by atoms with Gasteiger partial charge in [-0.15, -0.1) is 0 Å². The van der Waals surface area contributed by atoms with Gasteiger partial charge in [-0.25, -0.2) is 0 Å². The highest BCUT2D eigenvalue weighted by molar-refractivity contribution is 5.97. The number of benzene rings is 1. The molecular weight excluding hydrogens is 252 g/mol. The highest BCUT2D eigenvalue weighted by Gasteiger charge is 2.26. The molecule has 0 radical (unpaired) electrons. The Bertz CT molecular complexity index is 483. The average Bonchev–Trinajstić information content (AvgIpc) is 3.30. The van der Waals surface area contributed by atoms with Crippen molar-refractivity contribution in [3.05, 3.63) is 23.8 Å². The Morgan fingerprint density at radius 3 is 3.05 bits per heavy atom. The van der Waals surface area contributed by atoms with Gasteiger partial charge in [0.15, 0.2) is 0 Å². The van der Waals surface area contributed by atoms with Crippen LogP contribution in [-0.4, -0.2) is 32.7 Å². The van der Waals surface area contributed by atoms with E-state index in [1.165, 1.54) is 18.4 Å². The molecule has 1 fully saturated rings. The van der Waals surface area contributed by atoms with Crippen LogP contribution in [0.5, 0.6) is 5.75 Å². The van der Waals surface area contributed by atoms with Crippen molar-refractivity contribution in [1.29, 1.82) is 0 Å². The van der Waals surface area contributed by atoms with Crippen LogP contribution in [0.15, 0.2) is 18.2 Å². The standard InChI is InChI=1S/C16H22N2O2/c1-20-14-6-2-4-13-5-3-9-18(16(13)14)15(19)11-17-10-12-7-8-12/h2,4,6,12,17H,3,5,7-11H2,1H3. The number of hydrogen-bond acceptors (Lipinski definition) is 3. The lowest BCUT2D eigenvalue weighted by atomic mass is 10.0. The molecule has 3 rings (SSSR count). The van der Waals surface area contributed by atoms with Gasteiger partial charge in [0.1, 0.15) is 5.75 Å². The molecule has 1 amide bonds. The van der Waals surface area contributed by atoms with Crippen molar-refractivity contribution < 1.29 is 9.53 Å². The van der Waals surface area contributed by atoms with Gasteiger partial charge in [0, 0.05) is 6.54 Å². The van der Waals surface area contributed by atoms with Crippen molar-refractivity contribution in [2.45, 2.75) is 25.7 Å². The summed E-state index contributed by atoms with van der Waals surface area (Å²) in [4.78, 5) is 14.3. The van der Waals surface area contributed by atoms with Gasteiger partial charge in [-0.3, -0.25) is 4.79 Å². The first-order chi connectivity index (χ1) is 9.79. The van der Waals surface area contributed by atoms with E-state index in [0.717, 1.165) is 43.3 Å². The number of carbonyl (C=O) groups excluding carboxylic acids is 1. The zero-order valence-corrected chi connectivity index (χ0v) is 12.0. The summed E-state index contributed by atoms with van der Waals surface area (Å²) in [5.41, 5.74) is 2.19. The third-order valence-electron chi connectivity index (χ3n) is 4.11. The zero-order chi connectivity index (χ0) is 13.9. The number of amides is 1. The first-order valence-corrected chi connectivity index (χ1v) is 7.46. The maximum absolute atomic E-state index is 12.4. The summed E-state index contributed by atoms with van der Waals surface area (Å²) in [6, 6.07) is 6.02. The number of nitrogens with zero attached hydrogens (tertiary/aromatic N) is 1. The Balaban J connectivity index is 1.72. The summed E-state index contributed by atoms with van der Waals surface area (Å²) in [7, 11) is 1.66. The molecule has 0 saturated heterocycles. The molecule has 2 aliphatic rings. The van der Waals surface area contributed by atoms with Crippen molar-refractivity contribution in [1.82, 2.24) is 5.32 Å². The monoisotopic (exact) mass is 274 g/mol. The Labute approximate surface area is 120 Å². The molecule has 0 aromatic heterocycles. The highest BCUT2D eigenvalue weighted by Crippen LogP contribution is 2.36. The number of fused-ring (bicyclic) bond motifs is 1. The number of ether oxygens (including phenoxy) is 1. The quantitative estimate of drug-likeness (QED) is 0.892. The van der Waals surface area contributed by atoms with Crippen LogP contribution in [0.1, 0.15) is 24.8 Å². The minimum absolute atomic E-state index is 0.149. The fourth-order valence-corrected chi connectivity index (χ4v) is 2.83. The normalized spacial score (nSPS) is 17.8. The number of para-hydroxylation sites is 1. The molecule has 4 nitrogen and oxygen atoms in total. The number of carbonyl (C=O) groups is 1. The summed E-state index contributed by atoms with van der Waals surface area (Å²) in [6.45, 7) is 2.18. The number of anilines is 1. The van der Waals surface area contributed by atoms with Crippen LogP contribution in [-0.2, 0) is 11.2 Å². The number of aryl methyl sites for hydroxylation is 1. The van der Waals surface area contributed by atoms with Crippen molar-refractivity contribution in [2.75, 3.05) is 31.6 Å². The molecule has 1 aromatic rings. The third-order valence-corrected chi connectivity index (χ3v) is 4.11. The van der Waals surface area contributed by atoms with E-state index in [1.807, 2.05) is 17.0 Å². The third kappa shape index (κ3) is 2.80. The van der Waals surface area contributed by atoms with Crippen LogP contribution in [0.3, 0.4) is 0 Å². The van der Waals surface area contributed by atoms with Crippen LogP contribution >= 0.6 is 0 Å². The van der Waals surface area contributed by atoms with Crippen molar-refractivity contribution in [3.63, 3.8) is 0 Å². The molecule has 1 N–H and O–H groups in total. The van der Waals surface area contributed by atoms with Gasteiger partial charge in [0.2, 0.25) is 5.91 Å². The molecular formula is C16H22N2O2. The molecule has 1 aromatic carbocycles. The van der Waals surface area contributed by atoms with Crippen molar-refractivity contribution >= 4 is 11.6 Å². The molecule has 1 saturated carbocycles. The Hall–Kier alpha value is -1.55. The SMILES string of the molecule is COc1cccc2c1N(C(=O)CNCC1CC1)CCC2. The first-order valence-electron chi connectivity index (χ1n) is 7.46. The molecule has 4 heteroatoms. The van der Waals surface area contributed by atoms with Gasteiger partial charge in [-0.2, -0.15) is 0 Å². The van der Waals surface area contributed by atoms with Crippen LogP contribution < -0.4 is 15.0 Å². The second-order valence-corrected chi connectivity index (χ2v) is 5.69. The summed E-state index contributed by atoms with van der Waals surface area (Å²) in [5.74, 6) is 1.75. The van der Waals surface area contributed by atoms with Gasteiger partial charge in [0.25, 0.3) is 0 Å². The van der Waals surface area contributed by atoms with Crippen molar-refractivity contribution in [2.24, 2.45) is 5.92 Å². The molecule has 0 spiro atoms. The Morgan fingerprint density at radius 1 is 1.45 bits per heavy atom. The number of rotatable bonds is 5. The van der Waals surface area contributed by atoms with Crippen molar-refractivity contribution in [3.8, 4) is 5.75 Å². The Morgan fingerprint density at radius 2 is 2.30 bits per heavy atom. The summed E-state index contributed by atoms with van der Waals surface area (Å²) in [6.07, 6.45) is 4.66. The molecule has 108 valence electrons. The second-order valence-electron chi connectivity index (χ2n) is 5.69. The summed E-state index contributed by atoms with van der Waals surface area (Å²) >= 11 is 0. The van der Waals surface area contributed by atoms with E-state index in [2.05, 4.69) is 11.4 Å². The summed E-state index contributed by atoms with van der Waals surface area (Å²) in [5, 5.41) is 3.28. The molecule has 1 heterocycles. The topological polar surface area (TPSA) is 41.6 Å². The maximum Gasteiger partial charge on any atom is 0.241 e. The largest absolute Gasteiger partial charge is 0.495 e. The fourth-order valence-electron chi connectivity index (χ4n) is 2.83. The lowest BCUT2D eigenvalue weighted by molar-refractivity contribution is -0.117. The van der Waals surface area contributed by atoms with Crippen LogP contribution in [0, 0.1) is 5.92 Å². The van der Waals surface area contributed by atoms with E-state index in [4.69, 9.17) is 4.74 Å². The molecule has 1 aliphatic carbocycles. The van der Waals surface area contributed by atoms with E-state index in [9.17, 15) is 4.79 Å². The predicted molar refractivity (Wildman–Crippen MR) is 79.3 cm³/mol. The predicted octanol–water partition coefficient (Wildman–Crippen LogP) is 1.97. The molecule has 0 bridgehead atoms. The second kappa shape index (κ2) is 5.83. The van der Waals surface area contributed by atoms with Gasteiger partial charge in [-0.05, 0) is 49.8 Å². The van der Waals surface area contributed by atoms with Gasteiger partial charge in [-0.1, -0.05) is 12.1 Å². The minimum Gasteiger partial charge on any atom is -0.495 e. The van der Waals surface area contributed by atoms with Crippen LogP contribution in [0.4, 0.5) is 5.69 Å². The lowest BCUT2D eigenvalue weighted by Crippen LogP contribution is -2.41. The van der Waals surface area contributed by atoms with E-state index >= 15 is 0 Å². The van der Waals surface area contributed by atoms with Crippen LogP contribution in [0.2, 0.25) is 0 Å². The Kier molecular flexibility index (Phi) is 3.92. The minimum atomic E-state index is 0.149. The summed E-state index contributed by atoms with van der Waals surface area (Å²) < 4.78 is 5.43. The van der Waals surface area contributed by atoms with E-state index < -0.39 is 0 Å². The maximum atomic E-state index is 12.4. The first kappa shape index (κ1) is 13.4.